The first-order valence-corrected chi connectivity index (χ1v) is 21.1. The Kier molecular flexibility index (Phi) is 490. The monoisotopic (exact) mass is 1020 g/mol. The molecule has 0 amide bonds. The van der Waals surface area contributed by atoms with Gasteiger partial charge in [0.1, 0.15) is 6.29 Å². The molecule has 0 atom stereocenters. The van der Waals surface area contributed by atoms with Crippen LogP contribution in [0.1, 0.15) is 194 Å². The van der Waals surface area contributed by atoms with Crippen LogP contribution in [-0.4, -0.2) is 126 Å². The van der Waals surface area contributed by atoms with Crippen LogP contribution in [0.15, 0.2) is 12.2 Å². The first-order valence-electron chi connectivity index (χ1n) is 20.7. The third-order valence-corrected chi connectivity index (χ3v) is 1.43. The van der Waals surface area contributed by atoms with Gasteiger partial charge in [-0.25, -0.2) is 0 Å². The molecule has 0 aromatic carbocycles. The zero-order valence-electron chi connectivity index (χ0n) is 48.1. The number of aliphatic hydroxyl groups excluding tert-OH is 1. The molecule has 0 radical (unpaired) electrons. The van der Waals surface area contributed by atoms with Crippen molar-refractivity contribution in [2.45, 2.75) is 219 Å². The molecular formula is C43H116B2F3KO15S. The number of aldehydes is 1. The number of hydrogen-bond donors (Lipinski definition) is 8. The quantitative estimate of drug-likeness (QED) is 0.0232. The van der Waals surface area contributed by atoms with E-state index in [0.717, 1.165) is 27.4 Å². The van der Waals surface area contributed by atoms with Crippen molar-refractivity contribution in [3.63, 3.8) is 0 Å². The average molecular weight is 1020 g/mol. The van der Waals surface area contributed by atoms with Gasteiger partial charge in [-0.15, -0.1) is 5.60 Å². The van der Waals surface area contributed by atoms with Crippen molar-refractivity contribution in [3.05, 3.63) is 12.2 Å². The van der Waals surface area contributed by atoms with E-state index in [2.05, 4.69) is 40.3 Å². The number of aliphatic carboxylic acids is 1. The van der Waals surface area contributed by atoms with Crippen molar-refractivity contribution < 1.29 is 139 Å². The van der Waals surface area contributed by atoms with Gasteiger partial charge in [-0.1, -0.05) is 158 Å². The second-order valence-electron chi connectivity index (χ2n) is 7.91. The Morgan fingerprint density at radius 2 is 0.708 bits per heavy atom. The summed E-state index contributed by atoms with van der Waals surface area (Å²) in [5.41, 5.74) is -0.750. The van der Waals surface area contributed by atoms with Gasteiger partial charge in [-0.05, 0) is 46.6 Å². The largest absolute Gasteiger partial charge is 1.00 e. The van der Waals surface area contributed by atoms with Gasteiger partial charge in [0.25, 0.3) is 5.97 Å². The molecule has 0 aliphatic rings. The predicted molar refractivity (Wildman–Crippen MR) is 281 cm³/mol. The van der Waals surface area contributed by atoms with Crippen molar-refractivity contribution in [3.8, 4) is 0 Å². The van der Waals surface area contributed by atoms with Crippen molar-refractivity contribution in [1.82, 2.24) is 0 Å². The molecule has 412 valence electrons. The van der Waals surface area contributed by atoms with Gasteiger partial charge in [0.15, 0.2) is 5.05 Å². The molecular weight excluding hydrogens is 906 g/mol. The van der Waals surface area contributed by atoms with Crippen LogP contribution in [0, 0.1) is 0 Å². The maximum absolute atomic E-state index is 11.2. The molecule has 0 unspecified atom stereocenters. The number of allylic oxidation sites excluding steroid dienone is 2. The first-order chi connectivity index (χ1) is 29.0. The number of thiocarbonyl (C=S) groups is 1. The minimum absolute atomic E-state index is 0. The van der Waals surface area contributed by atoms with E-state index in [1.165, 1.54) is 41.0 Å². The average Bonchev–Trinajstić information content (AvgIpc) is 3.25. The Bertz CT molecular complexity index is 548. The molecule has 8 N–H and O–H groups in total. The van der Waals surface area contributed by atoms with Gasteiger partial charge in [0.05, 0.1) is 21.4 Å². The fraction of sp³-hybridized carbons (Fsp3) is 0.860. The summed E-state index contributed by atoms with van der Waals surface area (Å²) in [5.74, 6) is -1.08. The fourth-order valence-electron chi connectivity index (χ4n) is 0. The van der Waals surface area contributed by atoms with Crippen LogP contribution in [0.3, 0.4) is 0 Å². The summed E-state index contributed by atoms with van der Waals surface area (Å²) in [7, 11) is 3.03. The van der Waals surface area contributed by atoms with E-state index in [1.807, 2.05) is 123 Å². The van der Waals surface area contributed by atoms with Gasteiger partial charge in [-0.3, -0.25) is 24.5 Å². The molecule has 0 saturated heterocycles. The van der Waals surface area contributed by atoms with Crippen LogP contribution in [0.2, 0.25) is 13.6 Å². The van der Waals surface area contributed by atoms with E-state index >= 15 is 0 Å². The van der Waals surface area contributed by atoms with Crippen molar-refractivity contribution in [2.24, 2.45) is 0 Å². The minimum Gasteiger partial charge on any atom is -0.850 e. The smallest absolute Gasteiger partial charge is 0.850 e. The number of methoxy groups -OCH3 is 3. The number of carbonyl (C=O) groups excluding carboxylic acids is 2. The molecule has 0 aromatic rings. The standard InChI is InChI=1S/C4H9O.C4H8.C3H6F2O.C3H6O2.C3H6OS.C3H8.C2H4O2.C2H4O.7C2H6.2CH5BO2.CH3F.CH4O.CH4.K.H2O2/c1-4(2,3)5;1-3-4-2;1-3(4,5)6-2;1-3(4)5-2;1-3(5)4-2;1-3-2;1-2(3)4;1-2-3;7*1-2;2*1-2(3)4;2*1-2;;;1-2/h1-3H3;3-4H,1-2H3;1-2H3;2*1-2H3;3H2,1-2H3;1H3,(H,3,4);2H,1H3;7*1-2H3;2*3-4H,1H3;1H3;2H,1H3;1H4;;1-2H/q-1;;;;;;;;;;;;;;;;;;;;+1;. The van der Waals surface area contributed by atoms with Gasteiger partial charge >= 0.3 is 77.7 Å². The second-order valence-corrected chi connectivity index (χ2v) is 8.48. The molecule has 15 nitrogen and oxygen atoms in total. The number of carbonyl (C=O) groups is 3. The molecule has 0 bridgehead atoms. The third kappa shape index (κ3) is 4330. The summed E-state index contributed by atoms with van der Waals surface area (Å²) in [5, 5.41) is 67.6. The Hall–Kier alpha value is -0.564. The topological polar surface area (TPSA) is 264 Å². The zero-order valence-corrected chi connectivity index (χ0v) is 52.0. The number of hydrogen-bond acceptors (Lipinski definition) is 15. The molecule has 0 aliphatic heterocycles. The van der Waals surface area contributed by atoms with E-state index < -0.39 is 31.9 Å². The summed E-state index contributed by atoms with van der Waals surface area (Å²) in [6.45, 7) is 50.0. The number of carboxylic acids is 1. The normalized spacial score (nSPS) is 6.28. The number of alkyl halides is 3. The molecule has 0 fully saturated rings. The van der Waals surface area contributed by atoms with E-state index in [4.69, 9.17) is 50.4 Å². The van der Waals surface area contributed by atoms with Crippen LogP contribution in [0.5, 0.6) is 0 Å². The molecule has 22 heteroatoms. The number of carboxylic acid groups (broad SMARTS) is 1. The second kappa shape index (κ2) is 221. The summed E-state index contributed by atoms with van der Waals surface area (Å²) in [4.78, 5) is 27.4. The number of ether oxygens (including phenoxy) is 3. The maximum Gasteiger partial charge on any atom is 1.00 e. The van der Waals surface area contributed by atoms with Crippen molar-refractivity contribution >= 4 is 49.7 Å². The van der Waals surface area contributed by atoms with E-state index in [1.54, 1.807) is 34.8 Å². The molecule has 0 spiro atoms. The Labute approximate surface area is 452 Å². The maximum atomic E-state index is 11.2. The Morgan fingerprint density at radius 3 is 0.708 bits per heavy atom. The minimum atomic E-state index is -2.96. The van der Waals surface area contributed by atoms with Gasteiger partial charge in [-0.2, -0.15) is 8.78 Å². The van der Waals surface area contributed by atoms with Crippen molar-refractivity contribution in [2.75, 3.05) is 35.6 Å². The van der Waals surface area contributed by atoms with Crippen LogP contribution in [0.4, 0.5) is 13.2 Å². The SMILES string of the molecule is C.CB(O)O.CB(O)O.CC.CC.CC.CC.CC.CC.CC.CC(=O)O.CC(C)(C)[O-].CC=CC.CC=O.CCC.CF.CO.COC(C)(F)F.COC(C)=O.COC(C)=S.OO.[K+]. The molecule has 0 aromatic heterocycles. The summed E-state index contributed by atoms with van der Waals surface area (Å²) in [6, 6.07) is 0. The number of aliphatic hydroxyl groups is 1. The molecule has 65 heavy (non-hydrogen) atoms. The number of halogens is 3. The van der Waals surface area contributed by atoms with E-state index in [-0.39, 0.29) is 64.8 Å². The fourth-order valence-corrected chi connectivity index (χ4v) is 0. The van der Waals surface area contributed by atoms with Crippen LogP contribution in [0.25, 0.3) is 0 Å². The molecule has 0 aliphatic carbocycles. The Balaban J connectivity index is -0.0000000152. The van der Waals surface area contributed by atoms with Gasteiger partial charge in [0, 0.05) is 41.9 Å². The zero-order chi connectivity index (χ0) is 57.8. The van der Waals surface area contributed by atoms with Crippen molar-refractivity contribution in [1.29, 1.82) is 0 Å². The summed E-state index contributed by atoms with van der Waals surface area (Å²) < 4.78 is 44.2. The predicted octanol–water partition coefficient (Wildman–Crippen LogP) is 9.06. The first kappa shape index (κ1) is 144. The van der Waals surface area contributed by atoms with Gasteiger partial charge < -0.3 is 54.4 Å². The molecule has 0 rings (SSSR count). The van der Waals surface area contributed by atoms with Crippen LogP contribution >= 0.6 is 12.2 Å². The number of esters is 1. The van der Waals surface area contributed by atoms with E-state index in [0.29, 0.717) is 19.2 Å². The van der Waals surface area contributed by atoms with E-state index in [9.17, 15) is 23.1 Å². The summed E-state index contributed by atoms with van der Waals surface area (Å²) >= 11 is 4.47. The van der Waals surface area contributed by atoms with Gasteiger partial charge in [0.2, 0.25) is 0 Å². The molecule has 0 saturated carbocycles. The Morgan fingerprint density at radius 1 is 0.646 bits per heavy atom. The number of rotatable bonds is 1. The van der Waals surface area contributed by atoms with Crippen LogP contribution < -0.4 is 56.5 Å². The van der Waals surface area contributed by atoms with Crippen LogP contribution in [-0.2, 0) is 28.6 Å². The molecule has 0 heterocycles. The third-order valence-electron chi connectivity index (χ3n) is 1.27. The summed E-state index contributed by atoms with van der Waals surface area (Å²) in [6.07, 6.45) is 3.04.